The number of benzene rings is 3. The van der Waals surface area contributed by atoms with Crippen LogP contribution in [0.1, 0.15) is 37.5 Å². The van der Waals surface area contributed by atoms with Crippen molar-refractivity contribution in [2.24, 2.45) is 15.4 Å². The zero-order chi connectivity index (χ0) is 29.1. The highest BCUT2D eigenvalue weighted by Gasteiger charge is 2.30. The van der Waals surface area contributed by atoms with E-state index in [1.165, 1.54) is 30.4 Å². The molecule has 40 heavy (non-hydrogen) atoms. The highest BCUT2D eigenvalue weighted by Crippen LogP contribution is 2.31. The molecule has 3 aromatic rings. The number of para-hydroxylation sites is 1. The number of rotatable bonds is 10. The van der Waals surface area contributed by atoms with Gasteiger partial charge in [0.15, 0.2) is 0 Å². The lowest BCUT2D eigenvalue weighted by Gasteiger charge is -2.20. The van der Waals surface area contributed by atoms with E-state index in [1.54, 1.807) is 50.2 Å². The minimum Gasteiger partial charge on any atom is -0.457 e. The van der Waals surface area contributed by atoms with Gasteiger partial charge in [-0.25, -0.2) is 4.79 Å². The molecule has 0 saturated heterocycles. The molecule has 0 aliphatic carbocycles. The lowest BCUT2D eigenvalue weighted by molar-refractivity contribution is -0.137. The van der Waals surface area contributed by atoms with Crippen molar-refractivity contribution in [1.82, 2.24) is 0 Å². The van der Waals surface area contributed by atoms with Crippen LogP contribution < -0.4 is 9.64 Å². The van der Waals surface area contributed by atoms with Crippen molar-refractivity contribution in [2.75, 3.05) is 25.2 Å². The van der Waals surface area contributed by atoms with Gasteiger partial charge in [0, 0.05) is 17.7 Å². The predicted octanol–water partition coefficient (Wildman–Crippen LogP) is 7.33. The second-order valence-electron chi connectivity index (χ2n) is 8.21. The topological polar surface area (TPSA) is 85.1 Å². The van der Waals surface area contributed by atoms with Crippen molar-refractivity contribution in [3.8, 4) is 11.5 Å². The quantitative estimate of drug-likeness (QED) is 0.194. The third kappa shape index (κ3) is 7.92. The summed E-state index contributed by atoms with van der Waals surface area (Å²) < 4.78 is 48.9. The summed E-state index contributed by atoms with van der Waals surface area (Å²) in [5.74, 6) is 0.694. The Kier molecular flexibility index (Phi) is 10.4. The van der Waals surface area contributed by atoms with E-state index in [-0.39, 0.29) is 5.75 Å². The maximum atomic E-state index is 12.8. The summed E-state index contributed by atoms with van der Waals surface area (Å²) >= 11 is 0. The highest BCUT2D eigenvalue weighted by atomic mass is 19.4. The Labute approximate surface area is 230 Å². The average Bonchev–Trinajstić information content (AvgIpc) is 2.95. The number of alkyl halides is 3. The highest BCUT2D eigenvalue weighted by molar-refractivity contribution is 6.47. The molecule has 0 fully saturated rings. The first-order valence-electron chi connectivity index (χ1n) is 12.4. The van der Waals surface area contributed by atoms with Gasteiger partial charge in [0.05, 0.1) is 30.3 Å². The molecule has 1 amide bonds. The second-order valence-corrected chi connectivity index (χ2v) is 8.21. The number of amides is 1. The van der Waals surface area contributed by atoms with E-state index in [9.17, 15) is 18.0 Å². The summed E-state index contributed by atoms with van der Waals surface area (Å²) in [4.78, 5) is 18.9. The first kappa shape index (κ1) is 29.9. The summed E-state index contributed by atoms with van der Waals surface area (Å²) in [5, 5.41) is 12.6. The molecule has 0 aliphatic heterocycles. The number of ether oxygens (including phenoxy) is 2. The van der Waals surface area contributed by atoms with Gasteiger partial charge in [-0.15, -0.1) is 0 Å². The Morgan fingerprint density at radius 2 is 1.57 bits per heavy atom. The number of carbonyl (C=O) groups excluding carboxylic acids is 1. The van der Waals surface area contributed by atoms with Gasteiger partial charge in [-0.05, 0) is 75.4 Å². The predicted molar refractivity (Wildman–Crippen MR) is 149 cm³/mol. The van der Waals surface area contributed by atoms with Gasteiger partial charge in [0.1, 0.15) is 23.8 Å². The molecule has 0 aliphatic rings. The number of hydrogen-bond acceptors (Lipinski definition) is 7. The van der Waals surface area contributed by atoms with Crippen LogP contribution in [0.4, 0.5) is 23.7 Å². The number of nitrogens with zero attached hydrogens (tertiary/aromatic N) is 4. The molecular weight excluding hydrogens is 525 g/mol. The molecule has 0 atom stereocenters. The molecule has 0 bridgehead atoms. The Bertz CT molecular complexity index is 1370. The van der Waals surface area contributed by atoms with E-state index in [2.05, 4.69) is 15.4 Å². The molecular formula is C29H29F3N4O4. The van der Waals surface area contributed by atoms with Crippen molar-refractivity contribution in [2.45, 2.75) is 26.9 Å². The minimum absolute atomic E-state index is 0.269. The molecule has 0 radical (unpaired) electrons. The van der Waals surface area contributed by atoms with Crippen molar-refractivity contribution in [1.29, 1.82) is 0 Å². The fourth-order valence-corrected chi connectivity index (χ4v) is 3.56. The monoisotopic (exact) mass is 554 g/mol. The first-order valence-corrected chi connectivity index (χ1v) is 12.4. The van der Waals surface area contributed by atoms with E-state index in [1.807, 2.05) is 19.1 Å². The van der Waals surface area contributed by atoms with Crippen LogP contribution in [0.2, 0.25) is 0 Å². The molecule has 0 spiro atoms. The first-order chi connectivity index (χ1) is 19.2. The van der Waals surface area contributed by atoms with Gasteiger partial charge in [-0.3, -0.25) is 4.90 Å². The molecule has 3 rings (SSSR count). The fraction of sp³-hybridized carbons (Fsp3) is 0.241. The van der Waals surface area contributed by atoms with E-state index in [0.717, 1.165) is 12.1 Å². The Balaban J connectivity index is 1.80. The van der Waals surface area contributed by atoms with Crippen molar-refractivity contribution in [3.05, 3.63) is 89.5 Å². The van der Waals surface area contributed by atoms with Gasteiger partial charge >= 0.3 is 12.3 Å². The summed E-state index contributed by atoms with van der Waals surface area (Å²) in [7, 11) is 1.32. The summed E-state index contributed by atoms with van der Waals surface area (Å²) in [6.45, 7) is 6.10. The minimum atomic E-state index is -4.41. The number of hydrogen-bond donors (Lipinski definition) is 0. The van der Waals surface area contributed by atoms with Crippen LogP contribution in [-0.4, -0.2) is 44.0 Å². The summed E-state index contributed by atoms with van der Waals surface area (Å²) in [6, 6.07) is 18.4. The second kappa shape index (κ2) is 13.9. The Morgan fingerprint density at radius 1 is 0.950 bits per heavy atom. The van der Waals surface area contributed by atoms with Crippen molar-refractivity contribution < 1.29 is 32.3 Å². The fourth-order valence-electron chi connectivity index (χ4n) is 3.56. The maximum Gasteiger partial charge on any atom is 0.416 e. The van der Waals surface area contributed by atoms with E-state index in [0.29, 0.717) is 47.1 Å². The molecule has 0 heterocycles. The molecule has 0 N–H and O–H groups in total. The molecule has 3 aromatic carbocycles. The zero-order valence-electron chi connectivity index (χ0n) is 22.5. The summed E-state index contributed by atoms with van der Waals surface area (Å²) in [5.41, 5.74) is 2.09. The summed E-state index contributed by atoms with van der Waals surface area (Å²) in [6.07, 6.45) is -3.37. The lowest BCUT2D eigenvalue weighted by atomic mass is 10.1. The van der Waals surface area contributed by atoms with Crippen LogP contribution >= 0.6 is 0 Å². The standard InChI is InChI=1S/C29H29F3N4O4/c1-5-36(28(37)38-4)26-10-8-7-9-22(26)19-33-34-20(3)27(35-39-6-2)21-11-15-24(16-12-21)40-25-17-13-23(14-18-25)29(30,31)32/h7-19H,5-6H2,1-4H3. The normalized spacial score (nSPS) is 12.4. The smallest absolute Gasteiger partial charge is 0.416 e. The van der Waals surface area contributed by atoms with Gasteiger partial charge in [0.2, 0.25) is 0 Å². The van der Waals surface area contributed by atoms with Crippen LogP contribution in [0.15, 0.2) is 88.2 Å². The number of halogens is 3. The number of oxime groups is 1. The number of methoxy groups -OCH3 is 1. The third-order valence-electron chi connectivity index (χ3n) is 5.52. The van der Waals surface area contributed by atoms with E-state index in [4.69, 9.17) is 14.3 Å². The maximum absolute atomic E-state index is 12.8. The van der Waals surface area contributed by atoms with Crippen molar-refractivity contribution in [3.63, 3.8) is 0 Å². The largest absolute Gasteiger partial charge is 0.457 e. The molecule has 0 aromatic heterocycles. The number of anilines is 1. The van der Waals surface area contributed by atoms with E-state index >= 15 is 0 Å². The van der Waals surface area contributed by atoms with Crippen LogP contribution in [0.5, 0.6) is 11.5 Å². The third-order valence-corrected chi connectivity index (χ3v) is 5.52. The van der Waals surface area contributed by atoms with Crippen LogP contribution in [0, 0.1) is 0 Å². The zero-order valence-corrected chi connectivity index (χ0v) is 22.5. The molecule has 11 heteroatoms. The van der Waals surface area contributed by atoms with Gasteiger partial charge < -0.3 is 14.3 Å². The average molecular weight is 555 g/mol. The molecule has 8 nitrogen and oxygen atoms in total. The van der Waals surface area contributed by atoms with Gasteiger partial charge in [-0.1, -0.05) is 23.4 Å². The molecule has 0 unspecified atom stereocenters. The van der Waals surface area contributed by atoms with Gasteiger partial charge in [-0.2, -0.15) is 23.4 Å². The van der Waals surface area contributed by atoms with Crippen LogP contribution in [-0.2, 0) is 15.8 Å². The Hall–Kier alpha value is -4.67. The van der Waals surface area contributed by atoms with E-state index < -0.39 is 17.8 Å². The Morgan fingerprint density at radius 3 is 2.15 bits per heavy atom. The lowest BCUT2D eigenvalue weighted by Crippen LogP contribution is -2.31. The molecule has 0 saturated carbocycles. The van der Waals surface area contributed by atoms with Crippen LogP contribution in [0.3, 0.4) is 0 Å². The van der Waals surface area contributed by atoms with Crippen molar-refractivity contribution >= 4 is 29.4 Å². The number of carbonyl (C=O) groups is 1. The molecule has 210 valence electrons. The SMILES string of the molecule is CCON=C(C(C)=NN=Cc1ccccc1N(CC)C(=O)OC)c1ccc(Oc2ccc(C(F)(F)F)cc2)cc1. The van der Waals surface area contributed by atoms with Gasteiger partial charge in [0.25, 0.3) is 0 Å². The van der Waals surface area contributed by atoms with Crippen LogP contribution in [0.25, 0.3) is 0 Å².